The Labute approximate surface area is 100 Å². The zero-order valence-corrected chi connectivity index (χ0v) is 10.3. The molecular weight excluding hydrogens is 218 g/mol. The highest BCUT2D eigenvalue weighted by molar-refractivity contribution is 5.91. The molecule has 1 aliphatic rings. The molecule has 0 saturated heterocycles. The SMILES string of the molecule is CCOC(=O)c1cn(C)c(=O)c2c1CCCC2. The number of ether oxygens (including phenoxy) is 1. The third-order valence-electron chi connectivity index (χ3n) is 3.19. The summed E-state index contributed by atoms with van der Waals surface area (Å²) in [6.07, 6.45) is 5.24. The molecule has 92 valence electrons. The van der Waals surface area contributed by atoms with Gasteiger partial charge in [-0.3, -0.25) is 4.79 Å². The molecule has 4 nitrogen and oxygen atoms in total. The molecule has 1 aromatic rings. The minimum atomic E-state index is -0.318. The van der Waals surface area contributed by atoms with Crippen molar-refractivity contribution in [3.8, 4) is 0 Å². The second kappa shape index (κ2) is 4.73. The number of nitrogens with zero attached hydrogens (tertiary/aromatic N) is 1. The number of aromatic nitrogens is 1. The first-order chi connectivity index (χ1) is 8.15. The van der Waals surface area contributed by atoms with Gasteiger partial charge in [0.05, 0.1) is 12.2 Å². The van der Waals surface area contributed by atoms with Crippen LogP contribution in [-0.2, 0) is 24.6 Å². The Morgan fingerprint density at radius 2 is 2.00 bits per heavy atom. The topological polar surface area (TPSA) is 48.3 Å². The van der Waals surface area contributed by atoms with E-state index in [2.05, 4.69) is 0 Å². The lowest BCUT2D eigenvalue weighted by Crippen LogP contribution is -2.28. The summed E-state index contributed by atoms with van der Waals surface area (Å²) in [6, 6.07) is 0. The van der Waals surface area contributed by atoms with Gasteiger partial charge in [-0.2, -0.15) is 0 Å². The van der Waals surface area contributed by atoms with Crippen molar-refractivity contribution in [3.05, 3.63) is 33.2 Å². The molecule has 0 bridgehead atoms. The maximum absolute atomic E-state index is 12.0. The third kappa shape index (κ3) is 2.12. The van der Waals surface area contributed by atoms with Gasteiger partial charge >= 0.3 is 5.97 Å². The Bertz CT molecular complexity index is 502. The van der Waals surface area contributed by atoms with Crippen molar-refractivity contribution in [1.82, 2.24) is 4.57 Å². The minimum Gasteiger partial charge on any atom is -0.462 e. The van der Waals surface area contributed by atoms with E-state index in [1.807, 2.05) is 0 Å². The first-order valence-electron chi connectivity index (χ1n) is 6.03. The minimum absolute atomic E-state index is 0.0211. The van der Waals surface area contributed by atoms with Crippen molar-refractivity contribution in [2.75, 3.05) is 6.61 Å². The Kier molecular flexibility index (Phi) is 3.31. The van der Waals surface area contributed by atoms with Crippen LogP contribution < -0.4 is 5.56 Å². The van der Waals surface area contributed by atoms with Crippen LogP contribution in [-0.4, -0.2) is 17.1 Å². The Balaban J connectivity index is 2.56. The van der Waals surface area contributed by atoms with Crippen molar-refractivity contribution in [3.63, 3.8) is 0 Å². The molecule has 17 heavy (non-hydrogen) atoms. The van der Waals surface area contributed by atoms with Crippen LogP contribution in [0.15, 0.2) is 11.0 Å². The van der Waals surface area contributed by atoms with E-state index in [1.54, 1.807) is 20.2 Å². The van der Waals surface area contributed by atoms with Crippen LogP contribution in [0.4, 0.5) is 0 Å². The third-order valence-corrected chi connectivity index (χ3v) is 3.19. The number of aryl methyl sites for hydroxylation is 1. The van der Waals surface area contributed by atoms with E-state index in [1.165, 1.54) is 4.57 Å². The number of esters is 1. The molecule has 0 aromatic carbocycles. The number of fused-ring (bicyclic) bond motifs is 1. The predicted octanol–water partition coefficient (Wildman–Crippen LogP) is 1.44. The maximum Gasteiger partial charge on any atom is 0.339 e. The second-order valence-electron chi connectivity index (χ2n) is 4.34. The monoisotopic (exact) mass is 235 g/mol. The lowest BCUT2D eigenvalue weighted by molar-refractivity contribution is 0.0523. The largest absolute Gasteiger partial charge is 0.462 e. The van der Waals surface area contributed by atoms with E-state index < -0.39 is 0 Å². The van der Waals surface area contributed by atoms with E-state index in [-0.39, 0.29) is 11.5 Å². The molecule has 0 saturated carbocycles. The van der Waals surface area contributed by atoms with Gasteiger partial charge in [0.15, 0.2) is 0 Å². The molecule has 1 heterocycles. The van der Waals surface area contributed by atoms with Gasteiger partial charge < -0.3 is 9.30 Å². The summed E-state index contributed by atoms with van der Waals surface area (Å²) in [4.78, 5) is 23.8. The van der Waals surface area contributed by atoms with Crippen molar-refractivity contribution in [2.24, 2.45) is 7.05 Å². The van der Waals surface area contributed by atoms with E-state index in [0.29, 0.717) is 12.2 Å². The number of rotatable bonds is 2. The van der Waals surface area contributed by atoms with Gasteiger partial charge in [-0.05, 0) is 38.2 Å². The molecular formula is C13H17NO3. The summed E-state index contributed by atoms with van der Waals surface area (Å²) < 4.78 is 6.52. The van der Waals surface area contributed by atoms with Gasteiger partial charge in [0.1, 0.15) is 0 Å². The van der Waals surface area contributed by atoms with Crippen molar-refractivity contribution in [2.45, 2.75) is 32.6 Å². The molecule has 0 N–H and O–H groups in total. The van der Waals surface area contributed by atoms with Crippen LogP contribution in [0.25, 0.3) is 0 Å². The molecule has 4 heteroatoms. The quantitative estimate of drug-likeness (QED) is 0.729. The lowest BCUT2D eigenvalue weighted by atomic mass is 9.90. The summed E-state index contributed by atoms with van der Waals surface area (Å²) >= 11 is 0. The maximum atomic E-state index is 12.0. The number of hydrogen-bond donors (Lipinski definition) is 0. The zero-order valence-electron chi connectivity index (χ0n) is 10.3. The first-order valence-corrected chi connectivity index (χ1v) is 6.03. The fraction of sp³-hybridized carbons (Fsp3) is 0.538. The predicted molar refractivity (Wildman–Crippen MR) is 64.3 cm³/mol. The van der Waals surface area contributed by atoms with Crippen LogP contribution in [0.2, 0.25) is 0 Å². The molecule has 2 rings (SSSR count). The van der Waals surface area contributed by atoms with Crippen molar-refractivity contribution in [1.29, 1.82) is 0 Å². The fourth-order valence-electron chi connectivity index (χ4n) is 2.37. The van der Waals surface area contributed by atoms with Gasteiger partial charge in [0.25, 0.3) is 5.56 Å². The number of carbonyl (C=O) groups is 1. The van der Waals surface area contributed by atoms with Gasteiger partial charge in [0, 0.05) is 18.8 Å². The highest BCUT2D eigenvalue weighted by Crippen LogP contribution is 2.22. The average molecular weight is 235 g/mol. The van der Waals surface area contributed by atoms with E-state index >= 15 is 0 Å². The normalized spacial score (nSPS) is 14.2. The standard InChI is InChI=1S/C13H17NO3/c1-3-17-13(16)11-8-14(2)12(15)10-7-5-4-6-9(10)11/h8H,3-7H2,1-2H3. The highest BCUT2D eigenvalue weighted by atomic mass is 16.5. The lowest BCUT2D eigenvalue weighted by Gasteiger charge is -2.19. The fourth-order valence-corrected chi connectivity index (χ4v) is 2.37. The first kappa shape index (κ1) is 11.9. The summed E-state index contributed by atoms with van der Waals surface area (Å²) in [5, 5.41) is 0. The van der Waals surface area contributed by atoms with Crippen LogP contribution in [0.3, 0.4) is 0 Å². The van der Waals surface area contributed by atoms with E-state index in [0.717, 1.165) is 36.8 Å². The van der Waals surface area contributed by atoms with Crippen LogP contribution in [0, 0.1) is 0 Å². The molecule has 0 atom stereocenters. The molecule has 0 amide bonds. The summed E-state index contributed by atoms with van der Waals surface area (Å²) in [5.41, 5.74) is 2.28. The van der Waals surface area contributed by atoms with Gasteiger partial charge in [-0.15, -0.1) is 0 Å². The molecule has 0 aliphatic heterocycles. The van der Waals surface area contributed by atoms with Crippen LogP contribution in [0.5, 0.6) is 0 Å². The molecule has 0 unspecified atom stereocenters. The molecule has 1 aliphatic carbocycles. The Morgan fingerprint density at radius 3 is 2.65 bits per heavy atom. The summed E-state index contributed by atoms with van der Waals surface area (Å²) in [7, 11) is 1.68. The van der Waals surface area contributed by atoms with Gasteiger partial charge in [-0.1, -0.05) is 0 Å². The highest BCUT2D eigenvalue weighted by Gasteiger charge is 2.22. The number of hydrogen-bond acceptors (Lipinski definition) is 3. The zero-order chi connectivity index (χ0) is 12.4. The van der Waals surface area contributed by atoms with Gasteiger partial charge in [-0.25, -0.2) is 4.79 Å². The Hall–Kier alpha value is -1.58. The van der Waals surface area contributed by atoms with E-state index in [9.17, 15) is 9.59 Å². The Morgan fingerprint density at radius 1 is 1.35 bits per heavy atom. The second-order valence-corrected chi connectivity index (χ2v) is 4.34. The summed E-state index contributed by atoms with van der Waals surface area (Å²) in [6.45, 7) is 2.14. The molecule has 1 aromatic heterocycles. The van der Waals surface area contributed by atoms with Crippen LogP contribution in [0.1, 0.15) is 41.3 Å². The number of carbonyl (C=O) groups excluding carboxylic acids is 1. The summed E-state index contributed by atoms with van der Waals surface area (Å²) in [5.74, 6) is -0.318. The van der Waals surface area contributed by atoms with Gasteiger partial charge in [0.2, 0.25) is 0 Å². The van der Waals surface area contributed by atoms with E-state index in [4.69, 9.17) is 4.74 Å². The van der Waals surface area contributed by atoms with Crippen molar-refractivity contribution >= 4 is 5.97 Å². The molecule has 0 radical (unpaired) electrons. The molecule has 0 spiro atoms. The average Bonchev–Trinajstić information content (AvgIpc) is 2.34. The van der Waals surface area contributed by atoms with Crippen LogP contribution >= 0.6 is 0 Å². The van der Waals surface area contributed by atoms with Crippen molar-refractivity contribution < 1.29 is 9.53 Å². The number of pyridine rings is 1. The smallest absolute Gasteiger partial charge is 0.339 e. The molecule has 0 fully saturated rings.